The lowest BCUT2D eigenvalue weighted by atomic mass is 10.0. The standard InChI is InChI=1S/C18H24N2O/c1-19(2)15-9-11-20(12-10-15)13-17-16-6-4-3-5-14(16)7-8-18(17)21/h3-8,15,21H,9-13H2,1-2H3. The van der Waals surface area contributed by atoms with E-state index in [1.807, 2.05) is 24.3 Å². The molecule has 1 N–H and O–H groups in total. The average Bonchev–Trinajstić information content (AvgIpc) is 2.51. The number of fused-ring (bicyclic) bond motifs is 1. The van der Waals surface area contributed by atoms with Crippen LogP contribution in [0.4, 0.5) is 0 Å². The molecule has 0 amide bonds. The minimum atomic E-state index is 0.420. The lowest BCUT2D eigenvalue weighted by Gasteiger charge is -2.35. The van der Waals surface area contributed by atoms with Crippen molar-refractivity contribution in [3.8, 4) is 5.75 Å². The van der Waals surface area contributed by atoms with Gasteiger partial charge < -0.3 is 10.0 Å². The molecule has 3 nitrogen and oxygen atoms in total. The number of hydrogen-bond donors (Lipinski definition) is 1. The second-order valence-electron chi connectivity index (χ2n) is 6.26. The predicted octanol–water partition coefficient (Wildman–Crippen LogP) is 3.07. The minimum Gasteiger partial charge on any atom is -0.508 e. The van der Waals surface area contributed by atoms with Gasteiger partial charge in [0.2, 0.25) is 0 Å². The van der Waals surface area contributed by atoms with Crippen molar-refractivity contribution < 1.29 is 5.11 Å². The van der Waals surface area contributed by atoms with Crippen LogP contribution in [0.3, 0.4) is 0 Å². The van der Waals surface area contributed by atoms with Crippen molar-refractivity contribution in [1.82, 2.24) is 9.80 Å². The molecule has 0 spiro atoms. The summed E-state index contributed by atoms with van der Waals surface area (Å²) < 4.78 is 0. The minimum absolute atomic E-state index is 0.420. The number of benzene rings is 2. The Balaban J connectivity index is 1.78. The Bertz CT molecular complexity index is 616. The zero-order valence-electron chi connectivity index (χ0n) is 12.9. The molecule has 0 aromatic heterocycles. The molecular formula is C18H24N2O. The molecule has 1 aliphatic heterocycles. The van der Waals surface area contributed by atoms with Crippen LogP contribution in [0.1, 0.15) is 18.4 Å². The number of rotatable bonds is 3. The third kappa shape index (κ3) is 3.04. The van der Waals surface area contributed by atoms with Crippen LogP contribution in [0.25, 0.3) is 10.8 Å². The van der Waals surface area contributed by atoms with Gasteiger partial charge in [0.25, 0.3) is 0 Å². The Hall–Kier alpha value is -1.58. The summed E-state index contributed by atoms with van der Waals surface area (Å²) in [7, 11) is 4.33. The van der Waals surface area contributed by atoms with E-state index >= 15 is 0 Å². The molecule has 0 aliphatic carbocycles. The van der Waals surface area contributed by atoms with Gasteiger partial charge in [0.15, 0.2) is 0 Å². The van der Waals surface area contributed by atoms with Gasteiger partial charge in [0.05, 0.1) is 0 Å². The van der Waals surface area contributed by atoms with Gasteiger partial charge in [0, 0.05) is 18.2 Å². The van der Waals surface area contributed by atoms with Crippen LogP contribution in [-0.2, 0) is 6.54 Å². The van der Waals surface area contributed by atoms with E-state index in [0.717, 1.165) is 25.2 Å². The van der Waals surface area contributed by atoms with Crippen molar-refractivity contribution in [2.75, 3.05) is 27.2 Å². The van der Waals surface area contributed by atoms with Crippen molar-refractivity contribution in [3.63, 3.8) is 0 Å². The molecular weight excluding hydrogens is 260 g/mol. The highest BCUT2D eigenvalue weighted by Crippen LogP contribution is 2.29. The molecule has 0 radical (unpaired) electrons. The van der Waals surface area contributed by atoms with E-state index in [9.17, 15) is 5.11 Å². The molecule has 1 aliphatic rings. The number of likely N-dealkylation sites (tertiary alicyclic amines) is 1. The van der Waals surface area contributed by atoms with Crippen LogP contribution in [0, 0.1) is 0 Å². The van der Waals surface area contributed by atoms with Gasteiger partial charge in [-0.1, -0.05) is 30.3 Å². The van der Waals surface area contributed by atoms with Crippen LogP contribution in [0.15, 0.2) is 36.4 Å². The number of phenolic OH excluding ortho intramolecular Hbond substituents is 1. The summed E-state index contributed by atoms with van der Waals surface area (Å²) >= 11 is 0. The molecule has 0 bridgehead atoms. The van der Waals surface area contributed by atoms with Crippen molar-refractivity contribution in [3.05, 3.63) is 42.0 Å². The largest absolute Gasteiger partial charge is 0.508 e. The van der Waals surface area contributed by atoms with Gasteiger partial charge in [-0.3, -0.25) is 4.90 Å². The fourth-order valence-electron chi connectivity index (χ4n) is 3.31. The normalized spacial score (nSPS) is 17.7. The highest BCUT2D eigenvalue weighted by Gasteiger charge is 2.21. The molecule has 0 unspecified atom stereocenters. The van der Waals surface area contributed by atoms with E-state index in [-0.39, 0.29) is 0 Å². The van der Waals surface area contributed by atoms with Crippen molar-refractivity contribution in [1.29, 1.82) is 0 Å². The molecule has 2 aromatic carbocycles. The molecule has 1 saturated heterocycles. The van der Waals surface area contributed by atoms with Crippen LogP contribution in [0.2, 0.25) is 0 Å². The van der Waals surface area contributed by atoms with Crippen molar-refractivity contribution in [2.24, 2.45) is 0 Å². The summed E-state index contributed by atoms with van der Waals surface area (Å²) in [5.74, 6) is 0.420. The van der Waals surface area contributed by atoms with Gasteiger partial charge in [-0.25, -0.2) is 0 Å². The third-order valence-corrected chi connectivity index (χ3v) is 4.68. The Morgan fingerprint density at radius 3 is 2.52 bits per heavy atom. The summed E-state index contributed by atoms with van der Waals surface area (Å²) in [6, 6.07) is 12.8. The van der Waals surface area contributed by atoms with Gasteiger partial charge in [-0.15, -0.1) is 0 Å². The maximum atomic E-state index is 10.2. The van der Waals surface area contributed by atoms with E-state index in [2.05, 4.69) is 36.0 Å². The zero-order valence-corrected chi connectivity index (χ0v) is 12.9. The Morgan fingerprint density at radius 1 is 1.10 bits per heavy atom. The van der Waals surface area contributed by atoms with Crippen molar-refractivity contribution in [2.45, 2.75) is 25.4 Å². The first-order chi connectivity index (χ1) is 10.1. The van der Waals surface area contributed by atoms with Gasteiger partial charge in [0.1, 0.15) is 5.75 Å². The maximum Gasteiger partial charge on any atom is 0.120 e. The van der Waals surface area contributed by atoms with Gasteiger partial charge in [-0.2, -0.15) is 0 Å². The molecule has 21 heavy (non-hydrogen) atoms. The quantitative estimate of drug-likeness (QED) is 0.938. The summed E-state index contributed by atoms with van der Waals surface area (Å²) in [6.45, 7) is 3.05. The first-order valence-electron chi connectivity index (χ1n) is 7.73. The Morgan fingerprint density at radius 2 is 1.81 bits per heavy atom. The number of piperidine rings is 1. The lowest BCUT2D eigenvalue weighted by molar-refractivity contribution is 0.139. The second kappa shape index (κ2) is 6.04. The van der Waals surface area contributed by atoms with E-state index in [4.69, 9.17) is 0 Å². The molecule has 3 rings (SSSR count). The van der Waals surface area contributed by atoms with Crippen LogP contribution in [-0.4, -0.2) is 48.1 Å². The molecule has 0 atom stereocenters. The predicted molar refractivity (Wildman–Crippen MR) is 87.6 cm³/mol. The van der Waals surface area contributed by atoms with Crippen LogP contribution < -0.4 is 0 Å². The molecule has 3 heteroatoms. The third-order valence-electron chi connectivity index (χ3n) is 4.68. The molecule has 112 valence electrons. The zero-order chi connectivity index (χ0) is 14.8. The topological polar surface area (TPSA) is 26.7 Å². The summed E-state index contributed by atoms with van der Waals surface area (Å²) in [4.78, 5) is 4.79. The molecule has 1 fully saturated rings. The first kappa shape index (κ1) is 14.4. The fraction of sp³-hybridized carbons (Fsp3) is 0.444. The SMILES string of the molecule is CN(C)C1CCN(Cc2c(O)ccc3ccccc23)CC1. The molecule has 0 saturated carbocycles. The highest BCUT2D eigenvalue weighted by molar-refractivity contribution is 5.87. The molecule has 2 aromatic rings. The number of hydrogen-bond acceptors (Lipinski definition) is 3. The van der Waals surface area contributed by atoms with Crippen LogP contribution in [0.5, 0.6) is 5.75 Å². The highest BCUT2D eigenvalue weighted by atomic mass is 16.3. The Labute approximate surface area is 126 Å². The van der Waals surface area contributed by atoms with Gasteiger partial charge in [-0.05, 0) is 56.9 Å². The Kier molecular flexibility index (Phi) is 4.13. The summed E-state index contributed by atoms with van der Waals surface area (Å²) in [5, 5.41) is 12.6. The lowest BCUT2D eigenvalue weighted by Crippen LogP contribution is -2.41. The van der Waals surface area contributed by atoms with E-state index in [1.165, 1.54) is 23.6 Å². The smallest absolute Gasteiger partial charge is 0.120 e. The number of aromatic hydroxyl groups is 1. The maximum absolute atomic E-state index is 10.2. The molecule has 1 heterocycles. The van der Waals surface area contributed by atoms with Gasteiger partial charge >= 0.3 is 0 Å². The first-order valence-corrected chi connectivity index (χ1v) is 7.73. The van der Waals surface area contributed by atoms with Crippen molar-refractivity contribution >= 4 is 10.8 Å². The fourth-order valence-corrected chi connectivity index (χ4v) is 3.31. The monoisotopic (exact) mass is 284 g/mol. The average molecular weight is 284 g/mol. The van der Waals surface area contributed by atoms with E-state index in [0.29, 0.717) is 11.8 Å². The van der Waals surface area contributed by atoms with E-state index in [1.54, 1.807) is 0 Å². The summed E-state index contributed by atoms with van der Waals surface area (Å²) in [5.41, 5.74) is 1.07. The van der Waals surface area contributed by atoms with Crippen LogP contribution >= 0.6 is 0 Å². The summed E-state index contributed by atoms with van der Waals surface area (Å²) in [6.07, 6.45) is 2.41. The number of nitrogens with zero attached hydrogens (tertiary/aromatic N) is 2. The second-order valence-corrected chi connectivity index (χ2v) is 6.26. The number of phenols is 1. The van der Waals surface area contributed by atoms with E-state index < -0.39 is 0 Å².